The molecule has 1 aromatic carbocycles. The van der Waals surface area contributed by atoms with Crippen LogP contribution in [0.25, 0.3) is 0 Å². The Morgan fingerprint density at radius 1 is 1.33 bits per heavy atom. The van der Waals surface area contributed by atoms with Gasteiger partial charge >= 0.3 is 0 Å². The zero-order valence-electron chi connectivity index (χ0n) is 11.7. The zero-order chi connectivity index (χ0) is 15.2. The molecule has 2 rings (SSSR count). The minimum atomic E-state index is -0.00556. The summed E-state index contributed by atoms with van der Waals surface area (Å²) in [7, 11) is 0. The summed E-state index contributed by atoms with van der Waals surface area (Å²) in [6, 6.07) is 10.7. The highest BCUT2D eigenvalue weighted by molar-refractivity contribution is 5.97. The predicted octanol–water partition coefficient (Wildman–Crippen LogP) is 1.81. The minimum absolute atomic E-state index is 0.00556. The Kier molecular flexibility index (Phi) is 4.73. The van der Waals surface area contributed by atoms with E-state index >= 15 is 0 Å². The lowest BCUT2D eigenvalue weighted by Gasteiger charge is -2.11. The van der Waals surface area contributed by atoms with Crippen LogP contribution in [-0.4, -0.2) is 27.7 Å². The van der Waals surface area contributed by atoms with Gasteiger partial charge in [0.1, 0.15) is 5.75 Å². The third-order valence-corrected chi connectivity index (χ3v) is 2.90. The van der Waals surface area contributed by atoms with Crippen molar-refractivity contribution < 1.29 is 15.1 Å². The molecular weight excluding hydrogens is 270 g/mol. The van der Waals surface area contributed by atoms with E-state index in [2.05, 4.69) is 10.1 Å². The van der Waals surface area contributed by atoms with Crippen molar-refractivity contribution >= 4 is 5.84 Å². The lowest BCUT2D eigenvalue weighted by atomic mass is 10.1. The van der Waals surface area contributed by atoms with E-state index in [-0.39, 0.29) is 12.4 Å². The first-order valence-corrected chi connectivity index (χ1v) is 6.47. The molecule has 6 nitrogen and oxygen atoms in total. The van der Waals surface area contributed by atoms with Gasteiger partial charge in [-0.1, -0.05) is 23.4 Å². The third-order valence-electron chi connectivity index (χ3n) is 2.90. The van der Waals surface area contributed by atoms with Gasteiger partial charge < -0.3 is 20.8 Å². The number of rotatable bonds is 5. The Morgan fingerprint density at radius 2 is 2.10 bits per heavy atom. The van der Waals surface area contributed by atoms with Crippen molar-refractivity contribution in [2.24, 2.45) is 10.9 Å². The number of pyridine rings is 1. The summed E-state index contributed by atoms with van der Waals surface area (Å²) in [5.41, 5.74) is 7.69. The monoisotopic (exact) mass is 287 g/mol. The number of nitrogens with two attached hydrogens (primary N) is 1. The molecule has 0 aliphatic carbocycles. The molecule has 2 aromatic rings. The number of aliphatic hydroxyl groups is 1. The molecule has 0 fully saturated rings. The number of ether oxygens (including phenoxy) is 1. The predicted molar refractivity (Wildman–Crippen MR) is 78.8 cm³/mol. The molecule has 0 saturated carbocycles. The number of oxime groups is 1. The summed E-state index contributed by atoms with van der Waals surface area (Å²) in [5.74, 6) is 0.964. The summed E-state index contributed by atoms with van der Waals surface area (Å²) in [6.45, 7) is 1.83. The van der Waals surface area contributed by atoms with E-state index in [1.54, 1.807) is 25.1 Å². The standard InChI is InChI=1S/C15H17N3O3/c1-10-8-12(15(16)18-20)9-14(17-10)21-13-5-3-2-4-11(13)6-7-19/h2-5,8-9,19-20H,6-7H2,1H3,(H2,16,18). The number of aliphatic hydroxyl groups excluding tert-OH is 1. The van der Waals surface area contributed by atoms with Crippen LogP contribution in [0.1, 0.15) is 16.8 Å². The number of hydrogen-bond donors (Lipinski definition) is 3. The molecule has 0 aliphatic heterocycles. The summed E-state index contributed by atoms with van der Waals surface area (Å²) < 4.78 is 5.76. The molecule has 0 atom stereocenters. The van der Waals surface area contributed by atoms with E-state index in [0.717, 1.165) is 5.56 Å². The normalized spacial score (nSPS) is 11.4. The average molecular weight is 287 g/mol. The van der Waals surface area contributed by atoms with Crippen molar-refractivity contribution in [2.75, 3.05) is 6.61 Å². The van der Waals surface area contributed by atoms with Crippen LogP contribution in [0.15, 0.2) is 41.6 Å². The number of amidine groups is 1. The maximum Gasteiger partial charge on any atom is 0.220 e. The molecule has 0 radical (unpaired) electrons. The van der Waals surface area contributed by atoms with Crippen molar-refractivity contribution in [3.63, 3.8) is 0 Å². The van der Waals surface area contributed by atoms with E-state index in [0.29, 0.717) is 29.3 Å². The quantitative estimate of drug-likeness (QED) is 0.337. The highest BCUT2D eigenvalue weighted by atomic mass is 16.5. The molecule has 1 heterocycles. The maximum absolute atomic E-state index is 9.07. The van der Waals surface area contributed by atoms with Gasteiger partial charge in [-0.05, 0) is 31.0 Å². The lowest BCUT2D eigenvalue weighted by molar-refractivity contribution is 0.297. The van der Waals surface area contributed by atoms with Gasteiger partial charge in [0.2, 0.25) is 5.88 Å². The van der Waals surface area contributed by atoms with Crippen LogP contribution in [0.4, 0.5) is 0 Å². The van der Waals surface area contributed by atoms with Crippen LogP contribution >= 0.6 is 0 Å². The molecule has 6 heteroatoms. The van der Waals surface area contributed by atoms with Crippen LogP contribution in [0.3, 0.4) is 0 Å². The fourth-order valence-electron chi connectivity index (χ4n) is 1.94. The minimum Gasteiger partial charge on any atom is -0.439 e. The first-order valence-electron chi connectivity index (χ1n) is 6.47. The molecular formula is C15H17N3O3. The second kappa shape index (κ2) is 6.71. The van der Waals surface area contributed by atoms with E-state index in [4.69, 9.17) is 20.8 Å². The molecule has 1 aromatic heterocycles. The third kappa shape index (κ3) is 3.70. The van der Waals surface area contributed by atoms with Crippen LogP contribution in [0, 0.1) is 6.92 Å². The fraction of sp³-hybridized carbons (Fsp3) is 0.200. The number of aromatic nitrogens is 1. The largest absolute Gasteiger partial charge is 0.439 e. The summed E-state index contributed by atoms with van der Waals surface area (Å²) in [6.07, 6.45) is 0.495. The van der Waals surface area contributed by atoms with Gasteiger partial charge in [-0.15, -0.1) is 0 Å². The number of nitrogens with zero attached hydrogens (tertiary/aromatic N) is 2. The van der Waals surface area contributed by atoms with Crippen molar-refractivity contribution in [2.45, 2.75) is 13.3 Å². The van der Waals surface area contributed by atoms with Crippen molar-refractivity contribution in [1.82, 2.24) is 4.98 Å². The number of benzene rings is 1. The number of hydrogen-bond acceptors (Lipinski definition) is 5. The molecule has 0 bridgehead atoms. The van der Waals surface area contributed by atoms with Gasteiger partial charge in [0, 0.05) is 23.9 Å². The maximum atomic E-state index is 9.07. The molecule has 4 N–H and O–H groups in total. The Morgan fingerprint density at radius 3 is 2.81 bits per heavy atom. The Labute approximate surface area is 122 Å². The lowest BCUT2D eigenvalue weighted by Crippen LogP contribution is -2.13. The van der Waals surface area contributed by atoms with Crippen molar-refractivity contribution in [3.8, 4) is 11.6 Å². The van der Waals surface area contributed by atoms with Crippen LogP contribution in [0.5, 0.6) is 11.6 Å². The molecule has 0 unspecified atom stereocenters. The van der Waals surface area contributed by atoms with Gasteiger partial charge in [0.25, 0.3) is 0 Å². The van der Waals surface area contributed by atoms with Crippen molar-refractivity contribution in [1.29, 1.82) is 0 Å². The van der Waals surface area contributed by atoms with Gasteiger partial charge in [-0.25, -0.2) is 4.98 Å². The Balaban J connectivity index is 2.34. The number of para-hydroxylation sites is 1. The van der Waals surface area contributed by atoms with Crippen molar-refractivity contribution in [3.05, 3.63) is 53.2 Å². The molecule has 0 saturated heterocycles. The average Bonchev–Trinajstić information content (AvgIpc) is 2.48. The second-order valence-electron chi connectivity index (χ2n) is 4.50. The second-order valence-corrected chi connectivity index (χ2v) is 4.50. The zero-order valence-corrected chi connectivity index (χ0v) is 11.7. The molecule has 0 amide bonds. The summed E-state index contributed by atoms with van der Waals surface area (Å²) >= 11 is 0. The smallest absolute Gasteiger partial charge is 0.220 e. The van der Waals surface area contributed by atoms with E-state index in [1.165, 1.54) is 0 Å². The molecule has 0 spiro atoms. The summed E-state index contributed by atoms with van der Waals surface area (Å²) in [4.78, 5) is 4.27. The Bertz CT molecular complexity index is 656. The van der Waals surface area contributed by atoms with Gasteiger partial charge in [-0.3, -0.25) is 0 Å². The molecule has 0 aliphatic rings. The van der Waals surface area contributed by atoms with Crippen LogP contribution < -0.4 is 10.5 Å². The van der Waals surface area contributed by atoms with Gasteiger partial charge in [0.05, 0.1) is 0 Å². The number of aryl methyl sites for hydroxylation is 1. The van der Waals surface area contributed by atoms with Gasteiger partial charge in [-0.2, -0.15) is 0 Å². The van der Waals surface area contributed by atoms with E-state index < -0.39 is 0 Å². The molecule has 21 heavy (non-hydrogen) atoms. The molecule has 110 valence electrons. The van der Waals surface area contributed by atoms with Crippen LogP contribution in [0.2, 0.25) is 0 Å². The van der Waals surface area contributed by atoms with E-state index in [1.807, 2.05) is 18.2 Å². The Hall–Kier alpha value is -2.60. The summed E-state index contributed by atoms with van der Waals surface area (Å²) in [5, 5.41) is 20.8. The first kappa shape index (κ1) is 14.8. The highest BCUT2D eigenvalue weighted by Crippen LogP contribution is 2.25. The van der Waals surface area contributed by atoms with Crippen LogP contribution in [-0.2, 0) is 6.42 Å². The SMILES string of the molecule is Cc1cc(/C(N)=N/O)cc(Oc2ccccc2CCO)n1. The topological polar surface area (TPSA) is 101 Å². The first-order chi connectivity index (χ1) is 10.1. The highest BCUT2D eigenvalue weighted by Gasteiger charge is 2.08. The van der Waals surface area contributed by atoms with Gasteiger partial charge in [0.15, 0.2) is 5.84 Å². The fourth-order valence-corrected chi connectivity index (χ4v) is 1.94. The van der Waals surface area contributed by atoms with E-state index in [9.17, 15) is 0 Å².